The van der Waals surface area contributed by atoms with Crippen LogP contribution in [0.5, 0.6) is 5.75 Å². The molecule has 0 bridgehead atoms. The van der Waals surface area contributed by atoms with Gasteiger partial charge in [0.25, 0.3) is 0 Å². The first-order valence-electron chi connectivity index (χ1n) is 5.77. The standard InChI is InChI=1S/C13H12O6S2/c1-10-2-6-12(7-3-10)20(15,16)19-21(17,18)13-8-4-11(14)5-9-13/h2-9,14H,1H3. The monoisotopic (exact) mass is 328 g/mol. The molecule has 0 aliphatic rings. The van der Waals surface area contributed by atoms with Gasteiger partial charge in [-0.1, -0.05) is 17.7 Å². The van der Waals surface area contributed by atoms with Crippen LogP contribution in [0.4, 0.5) is 0 Å². The first-order valence-corrected chi connectivity index (χ1v) is 8.59. The maximum absolute atomic E-state index is 11.9. The second kappa shape index (κ2) is 5.47. The second-order valence-corrected chi connectivity index (χ2v) is 7.59. The Morgan fingerprint density at radius 2 is 1.14 bits per heavy atom. The van der Waals surface area contributed by atoms with Gasteiger partial charge in [0, 0.05) is 0 Å². The van der Waals surface area contributed by atoms with Gasteiger partial charge in [0.1, 0.15) is 5.75 Å². The van der Waals surface area contributed by atoms with Crippen molar-refractivity contribution in [3.05, 3.63) is 54.1 Å². The summed E-state index contributed by atoms with van der Waals surface area (Å²) >= 11 is 0. The SMILES string of the molecule is Cc1ccc(S(=O)(=O)OS(=O)(=O)c2ccc(O)cc2)cc1. The van der Waals surface area contributed by atoms with E-state index in [0.29, 0.717) is 0 Å². The summed E-state index contributed by atoms with van der Waals surface area (Å²) in [5.74, 6) is -0.143. The van der Waals surface area contributed by atoms with Crippen molar-refractivity contribution in [1.82, 2.24) is 0 Å². The zero-order chi connectivity index (χ0) is 15.7. The Hall–Kier alpha value is -1.90. The molecule has 0 saturated carbocycles. The molecule has 21 heavy (non-hydrogen) atoms. The normalized spacial score (nSPS) is 12.2. The third-order valence-electron chi connectivity index (χ3n) is 2.61. The molecule has 0 aliphatic carbocycles. The minimum Gasteiger partial charge on any atom is -0.508 e. The van der Waals surface area contributed by atoms with Crippen LogP contribution in [0.3, 0.4) is 0 Å². The Morgan fingerprint density at radius 3 is 1.57 bits per heavy atom. The third kappa shape index (κ3) is 3.60. The van der Waals surface area contributed by atoms with E-state index in [-0.39, 0.29) is 15.5 Å². The highest BCUT2D eigenvalue weighted by Gasteiger charge is 2.26. The maximum atomic E-state index is 11.9. The molecule has 0 atom stereocenters. The van der Waals surface area contributed by atoms with E-state index in [9.17, 15) is 16.8 Å². The predicted octanol–water partition coefficient (Wildman–Crippen LogP) is 1.79. The predicted molar refractivity (Wildman–Crippen MR) is 74.7 cm³/mol. The Kier molecular flexibility index (Phi) is 4.04. The number of phenolic OH excluding ortho intramolecular Hbond substituents is 1. The fourth-order valence-electron chi connectivity index (χ4n) is 1.51. The number of hydrogen-bond donors (Lipinski definition) is 1. The van der Waals surface area contributed by atoms with E-state index in [1.54, 1.807) is 6.92 Å². The molecule has 112 valence electrons. The molecule has 1 N–H and O–H groups in total. The van der Waals surface area contributed by atoms with Crippen molar-refractivity contribution >= 4 is 20.2 Å². The minimum absolute atomic E-state index is 0.143. The first kappa shape index (κ1) is 15.5. The van der Waals surface area contributed by atoms with Gasteiger partial charge >= 0.3 is 20.2 Å². The van der Waals surface area contributed by atoms with Crippen LogP contribution in [0.25, 0.3) is 0 Å². The summed E-state index contributed by atoms with van der Waals surface area (Å²) in [6.07, 6.45) is 0. The first-order chi connectivity index (χ1) is 9.71. The van der Waals surface area contributed by atoms with E-state index in [4.69, 9.17) is 5.11 Å². The topological polar surface area (TPSA) is 97.7 Å². The van der Waals surface area contributed by atoms with E-state index in [0.717, 1.165) is 29.8 Å². The Balaban J connectivity index is 2.35. The highest BCUT2D eigenvalue weighted by atomic mass is 32.3. The number of aromatic hydroxyl groups is 1. The van der Waals surface area contributed by atoms with E-state index in [1.807, 2.05) is 0 Å². The van der Waals surface area contributed by atoms with Gasteiger partial charge in [-0.15, -0.1) is 3.63 Å². The molecule has 0 radical (unpaired) electrons. The molecule has 0 aliphatic heterocycles. The molecule has 0 spiro atoms. The summed E-state index contributed by atoms with van der Waals surface area (Å²) in [6.45, 7) is 1.77. The molecule has 0 saturated heterocycles. The molecule has 6 nitrogen and oxygen atoms in total. The zero-order valence-corrected chi connectivity index (χ0v) is 12.6. The molecule has 2 aromatic carbocycles. The van der Waals surface area contributed by atoms with Crippen LogP contribution in [0, 0.1) is 6.92 Å². The lowest BCUT2D eigenvalue weighted by atomic mass is 10.2. The molecular formula is C13H12O6S2. The van der Waals surface area contributed by atoms with Gasteiger partial charge in [0.2, 0.25) is 0 Å². The lowest BCUT2D eigenvalue weighted by Crippen LogP contribution is -2.14. The van der Waals surface area contributed by atoms with Gasteiger partial charge in [-0.3, -0.25) is 0 Å². The van der Waals surface area contributed by atoms with Crippen molar-refractivity contribution in [3.63, 3.8) is 0 Å². The van der Waals surface area contributed by atoms with Crippen molar-refractivity contribution in [2.24, 2.45) is 0 Å². The number of rotatable bonds is 4. The molecule has 2 rings (SSSR count). The fraction of sp³-hybridized carbons (Fsp3) is 0.0769. The van der Waals surface area contributed by atoms with E-state index >= 15 is 0 Å². The van der Waals surface area contributed by atoms with Crippen LogP contribution in [0.2, 0.25) is 0 Å². The number of aryl methyl sites for hydroxylation is 1. The lowest BCUT2D eigenvalue weighted by molar-refractivity contribution is 0.461. The molecule has 8 heteroatoms. The van der Waals surface area contributed by atoms with Gasteiger partial charge in [-0.25, -0.2) is 0 Å². The largest absolute Gasteiger partial charge is 0.508 e. The van der Waals surface area contributed by atoms with E-state index in [1.165, 1.54) is 24.3 Å². The summed E-state index contributed by atoms with van der Waals surface area (Å²) in [6, 6.07) is 9.93. The van der Waals surface area contributed by atoms with Crippen molar-refractivity contribution in [2.45, 2.75) is 16.7 Å². The summed E-state index contributed by atoms with van der Waals surface area (Å²) in [4.78, 5) is -0.619. The molecule has 0 fully saturated rings. The Labute approximate surface area is 122 Å². The van der Waals surface area contributed by atoms with Gasteiger partial charge in [-0.05, 0) is 43.3 Å². The Morgan fingerprint density at radius 1 is 0.762 bits per heavy atom. The number of benzene rings is 2. The fourth-order valence-corrected chi connectivity index (χ4v) is 4.03. The van der Waals surface area contributed by atoms with Crippen LogP contribution in [0.15, 0.2) is 58.3 Å². The van der Waals surface area contributed by atoms with Gasteiger partial charge in [-0.2, -0.15) is 16.8 Å². The summed E-state index contributed by atoms with van der Waals surface area (Å²) < 4.78 is 52.1. The maximum Gasteiger partial charge on any atom is 0.311 e. The smallest absolute Gasteiger partial charge is 0.311 e. The zero-order valence-electron chi connectivity index (χ0n) is 10.9. The molecule has 0 amide bonds. The van der Waals surface area contributed by atoms with Crippen molar-refractivity contribution in [3.8, 4) is 5.75 Å². The highest BCUT2D eigenvalue weighted by Crippen LogP contribution is 2.22. The molecule has 0 aromatic heterocycles. The number of phenols is 1. The molecular weight excluding hydrogens is 316 g/mol. The van der Waals surface area contributed by atoms with Gasteiger partial charge in [0.15, 0.2) is 0 Å². The van der Waals surface area contributed by atoms with Crippen LogP contribution in [0.1, 0.15) is 5.56 Å². The quantitative estimate of drug-likeness (QED) is 0.919. The van der Waals surface area contributed by atoms with Crippen molar-refractivity contribution in [2.75, 3.05) is 0 Å². The molecule has 0 unspecified atom stereocenters. The van der Waals surface area contributed by atoms with E-state index < -0.39 is 20.2 Å². The summed E-state index contributed by atoms with van der Waals surface area (Å²) in [5.41, 5.74) is 0.829. The summed E-state index contributed by atoms with van der Waals surface area (Å²) in [5, 5.41) is 9.11. The minimum atomic E-state index is -4.49. The molecule has 0 heterocycles. The second-order valence-electron chi connectivity index (χ2n) is 4.28. The average Bonchev–Trinajstić information content (AvgIpc) is 2.38. The van der Waals surface area contributed by atoms with Crippen LogP contribution in [-0.2, 0) is 23.9 Å². The van der Waals surface area contributed by atoms with Gasteiger partial charge in [0.05, 0.1) is 9.79 Å². The molecule has 2 aromatic rings. The summed E-state index contributed by atoms with van der Waals surface area (Å²) in [7, 11) is -8.94. The van der Waals surface area contributed by atoms with Crippen LogP contribution < -0.4 is 0 Å². The average molecular weight is 328 g/mol. The van der Waals surface area contributed by atoms with Crippen LogP contribution >= 0.6 is 0 Å². The highest BCUT2D eigenvalue weighted by molar-refractivity contribution is 7.99. The van der Waals surface area contributed by atoms with Crippen molar-refractivity contribution < 1.29 is 25.6 Å². The van der Waals surface area contributed by atoms with Crippen molar-refractivity contribution in [1.29, 1.82) is 0 Å². The lowest BCUT2D eigenvalue weighted by Gasteiger charge is -2.06. The Bertz CT molecular complexity index is 761. The van der Waals surface area contributed by atoms with Gasteiger partial charge < -0.3 is 5.11 Å². The van der Waals surface area contributed by atoms with Crippen LogP contribution in [-0.4, -0.2) is 21.9 Å². The third-order valence-corrected chi connectivity index (χ3v) is 5.75. The number of hydrogen-bond acceptors (Lipinski definition) is 6. The van der Waals surface area contributed by atoms with E-state index in [2.05, 4.69) is 3.63 Å².